The highest BCUT2D eigenvalue weighted by molar-refractivity contribution is 5.78. The van der Waals surface area contributed by atoms with Crippen molar-refractivity contribution in [3.63, 3.8) is 0 Å². The molecule has 0 saturated carbocycles. The fourth-order valence-electron chi connectivity index (χ4n) is 2.87. The molecule has 1 fully saturated rings. The van der Waals surface area contributed by atoms with Crippen LogP contribution in [0.4, 0.5) is 0 Å². The van der Waals surface area contributed by atoms with E-state index in [0.29, 0.717) is 25.6 Å². The van der Waals surface area contributed by atoms with Crippen molar-refractivity contribution in [1.82, 2.24) is 15.1 Å². The average Bonchev–Trinajstić information content (AvgIpc) is 2.50. The molecule has 0 bridgehead atoms. The van der Waals surface area contributed by atoms with Crippen LogP contribution in [-0.4, -0.2) is 85.9 Å². The number of aliphatic hydroxyl groups is 1. The number of aliphatic hydroxyl groups excluding tert-OH is 1. The molecule has 0 aromatic carbocycles. The quantitative estimate of drug-likeness (QED) is 0.580. The molecule has 1 rings (SSSR count). The fourth-order valence-corrected chi connectivity index (χ4v) is 2.87. The van der Waals surface area contributed by atoms with E-state index < -0.39 is 0 Å². The van der Waals surface area contributed by atoms with Crippen LogP contribution < -0.4 is 5.32 Å². The van der Waals surface area contributed by atoms with E-state index in [1.807, 2.05) is 4.90 Å². The highest BCUT2D eigenvalue weighted by Gasteiger charge is 2.21. The van der Waals surface area contributed by atoms with Crippen molar-refractivity contribution in [3.8, 4) is 0 Å². The zero-order chi connectivity index (χ0) is 17.1. The summed E-state index contributed by atoms with van der Waals surface area (Å²) in [5.41, 5.74) is 0. The van der Waals surface area contributed by atoms with Crippen molar-refractivity contribution in [2.75, 3.05) is 59.0 Å². The molecule has 1 aliphatic rings. The van der Waals surface area contributed by atoms with Crippen LogP contribution in [0.15, 0.2) is 0 Å². The number of rotatable bonds is 11. The van der Waals surface area contributed by atoms with Crippen molar-refractivity contribution in [2.45, 2.75) is 39.7 Å². The van der Waals surface area contributed by atoms with Crippen molar-refractivity contribution < 1.29 is 14.6 Å². The third kappa shape index (κ3) is 9.25. The second-order valence-electron chi connectivity index (χ2n) is 6.80. The van der Waals surface area contributed by atoms with Gasteiger partial charge in [-0.2, -0.15) is 0 Å². The second-order valence-corrected chi connectivity index (χ2v) is 6.80. The summed E-state index contributed by atoms with van der Waals surface area (Å²) in [6.07, 6.45) is 2.21. The summed E-state index contributed by atoms with van der Waals surface area (Å²) in [4.78, 5) is 16.5. The molecule has 0 aromatic rings. The lowest BCUT2D eigenvalue weighted by molar-refractivity contribution is -0.123. The monoisotopic (exact) mass is 329 g/mol. The average molecular weight is 329 g/mol. The minimum absolute atomic E-state index is 0.0131. The molecular formula is C17H35N3O3. The van der Waals surface area contributed by atoms with Crippen LogP contribution in [0.1, 0.15) is 33.6 Å². The lowest BCUT2D eigenvalue weighted by Crippen LogP contribution is -2.49. The third-order valence-electron chi connectivity index (χ3n) is 3.98. The Balaban J connectivity index is 2.28. The molecule has 0 aromatic heterocycles. The van der Waals surface area contributed by atoms with E-state index in [-0.39, 0.29) is 18.6 Å². The van der Waals surface area contributed by atoms with Gasteiger partial charge >= 0.3 is 0 Å². The summed E-state index contributed by atoms with van der Waals surface area (Å²) < 4.78 is 5.75. The van der Waals surface area contributed by atoms with Gasteiger partial charge in [0.2, 0.25) is 5.91 Å². The number of morpholine rings is 1. The predicted molar refractivity (Wildman–Crippen MR) is 92.5 cm³/mol. The second kappa shape index (κ2) is 11.8. The topological polar surface area (TPSA) is 65.0 Å². The Morgan fingerprint density at radius 2 is 2.22 bits per heavy atom. The van der Waals surface area contributed by atoms with E-state index in [1.165, 1.54) is 0 Å². The number of hydrogen-bond acceptors (Lipinski definition) is 5. The maximum absolute atomic E-state index is 12.1. The van der Waals surface area contributed by atoms with Crippen LogP contribution in [0.2, 0.25) is 0 Å². The smallest absolute Gasteiger partial charge is 0.234 e. The first-order valence-electron chi connectivity index (χ1n) is 8.99. The van der Waals surface area contributed by atoms with Gasteiger partial charge in [-0.3, -0.25) is 14.6 Å². The zero-order valence-corrected chi connectivity index (χ0v) is 15.1. The summed E-state index contributed by atoms with van der Waals surface area (Å²) in [6.45, 7) is 12.7. The van der Waals surface area contributed by atoms with Crippen molar-refractivity contribution in [3.05, 3.63) is 0 Å². The maximum Gasteiger partial charge on any atom is 0.234 e. The van der Waals surface area contributed by atoms with E-state index in [4.69, 9.17) is 9.84 Å². The number of carbonyl (C=O) groups is 1. The Morgan fingerprint density at radius 3 is 2.87 bits per heavy atom. The van der Waals surface area contributed by atoms with Gasteiger partial charge in [0.1, 0.15) is 0 Å². The summed E-state index contributed by atoms with van der Waals surface area (Å²) >= 11 is 0. The minimum atomic E-state index is 0.0131. The van der Waals surface area contributed by atoms with Gasteiger partial charge in [-0.25, -0.2) is 0 Å². The van der Waals surface area contributed by atoms with Crippen LogP contribution >= 0.6 is 0 Å². The van der Waals surface area contributed by atoms with Crippen LogP contribution in [-0.2, 0) is 9.53 Å². The molecule has 0 unspecified atom stereocenters. The molecule has 0 spiro atoms. The Morgan fingerprint density at radius 1 is 1.43 bits per heavy atom. The standard InChI is InChI=1S/C17H35N3O3/c1-4-5-6-19(7-9-21)14-17(22)18-11-16-13-20(8-10-23-16)12-15(2)3/h15-16,21H,4-14H2,1-3H3,(H,18,22)/t16-/m1/s1. The number of unbranched alkanes of at least 4 members (excludes halogenated alkanes) is 1. The van der Waals surface area contributed by atoms with Gasteiger partial charge in [0.05, 0.1) is 25.9 Å². The molecule has 1 aliphatic heterocycles. The lowest BCUT2D eigenvalue weighted by atomic mass is 10.2. The number of amides is 1. The number of carbonyl (C=O) groups excluding carboxylic acids is 1. The number of nitrogens with zero attached hydrogens (tertiary/aromatic N) is 2. The number of nitrogens with one attached hydrogen (secondary N) is 1. The molecule has 1 amide bonds. The van der Waals surface area contributed by atoms with Crippen LogP contribution in [0.3, 0.4) is 0 Å². The lowest BCUT2D eigenvalue weighted by Gasteiger charge is -2.34. The highest BCUT2D eigenvalue weighted by Crippen LogP contribution is 2.07. The first-order chi connectivity index (χ1) is 11.0. The van der Waals surface area contributed by atoms with Gasteiger partial charge in [0.25, 0.3) is 0 Å². The zero-order valence-electron chi connectivity index (χ0n) is 15.1. The van der Waals surface area contributed by atoms with Crippen LogP contribution in [0, 0.1) is 5.92 Å². The molecule has 1 saturated heterocycles. The van der Waals surface area contributed by atoms with Crippen LogP contribution in [0.25, 0.3) is 0 Å². The van der Waals surface area contributed by atoms with Gasteiger partial charge in [0, 0.05) is 32.7 Å². The Bertz CT molecular complexity index is 326. The van der Waals surface area contributed by atoms with Crippen LogP contribution in [0.5, 0.6) is 0 Å². The number of hydrogen-bond donors (Lipinski definition) is 2. The molecule has 6 heteroatoms. The summed E-state index contributed by atoms with van der Waals surface area (Å²) in [5, 5.41) is 12.1. The summed E-state index contributed by atoms with van der Waals surface area (Å²) in [5.74, 6) is 0.660. The Hall–Kier alpha value is -0.690. The Labute approximate surface area is 141 Å². The fraction of sp³-hybridized carbons (Fsp3) is 0.941. The van der Waals surface area contributed by atoms with Gasteiger partial charge in [0.15, 0.2) is 0 Å². The van der Waals surface area contributed by atoms with Crippen molar-refractivity contribution >= 4 is 5.91 Å². The van der Waals surface area contributed by atoms with Gasteiger partial charge < -0.3 is 15.2 Å². The van der Waals surface area contributed by atoms with E-state index in [2.05, 4.69) is 31.0 Å². The van der Waals surface area contributed by atoms with Gasteiger partial charge in [-0.15, -0.1) is 0 Å². The largest absolute Gasteiger partial charge is 0.395 e. The molecule has 2 N–H and O–H groups in total. The molecule has 23 heavy (non-hydrogen) atoms. The normalized spacial score (nSPS) is 19.5. The van der Waals surface area contributed by atoms with E-state index in [1.54, 1.807) is 0 Å². The molecule has 136 valence electrons. The van der Waals surface area contributed by atoms with Gasteiger partial charge in [-0.05, 0) is 18.9 Å². The SMILES string of the molecule is CCCCN(CCO)CC(=O)NC[C@@H]1CN(CC(C)C)CCO1. The van der Waals surface area contributed by atoms with E-state index >= 15 is 0 Å². The number of ether oxygens (including phenoxy) is 1. The first kappa shape index (κ1) is 20.4. The molecule has 0 aliphatic carbocycles. The van der Waals surface area contributed by atoms with Crippen molar-refractivity contribution in [1.29, 1.82) is 0 Å². The Kier molecular flexibility index (Phi) is 10.4. The molecule has 1 heterocycles. The third-order valence-corrected chi connectivity index (χ3v) is 3.98. The van der Waals surface area contributed by atoms with Gasteiger partial charge in [-0.1, -0.05) is 27.2 Å². The molecular weight excluding hydrogens is 294 g/mol. The predicted octanol–water partition coefficient (Wildman–Crippen LogP) is 0.554. The molecule has 6 nitrogen and oxygen atoms in total. The van der Waals surface area contributed by atoms with Crippen molar-refractivity contribution in [2.24, 2.45) is 5.92 Å². The molecule has 0 radical (unpaired) electrons. The summed E-state index contributed by atoms with van der Waals surface area (Å²) in [6, 6.07) is 0. The summed E-state index contributed by atoms with van der Waals surface area (Å²) in [7, 11) is 0. The highest BCUT2D eigenvalue weighted by atomic mass is 16.5. The first-order valence-corrected chi connectivity index (χ1v) is 8.99. The van der Waals surface area contributed by atoms with E-state index in [0.717, 1.165) is 45.6 Å². The minimum Gasteiger partial charge on any atom is -0.395 e. The maximum atomic E-state index is 12.1. The van der Waals surface area contributed by atoms with E-state index in [9.17, 15) is 4.79 Å². The molecule has 1 atom stereocenters.